The summed E-state index contributed by atoms with van der Waals surface area (Å²) in [6, 6.07) is 0.211. The van der Waals surface area contributed by atoms with Gasteiger partial charge in [0.25, 0.3) is 0 Å². The van der Waals surface area contributed by atoms with E-state index in [-0.39, 0.29) is 12.6 Å². The lowest BCUT2D eigenvalue weighted by Crippen LogP contribution is -2.55. The summed E-state index contributed by atoms with van der Waals surface area (Å²) in [6.45, 7) is 2.54. The van der Waals surface area contributed by atoms with Crippen molar-refractivity contribution in [2.45, 2.75) is 12.2 Å². The van der Waals surface area contributed by atoms with Crippen LogP contribution in [-0.4, -0.2) is 75.0 Å². The SMILES string of the molecule is CN1CCN(CCOCC(F)(F)F)C(CN)C1. The van der Waals surface area contributed by atoms with E-state index in [1.807, 2.05) is 7.05 Å². The highest BCUT2D eigenvalue weighted by atomic mass is 19.4. The third-order valence-electron chi connectivity index (χ3n) is 2.87. The lowest BCUT2D eigenvalue weighted by Gasteiger charge is -2.39. The number of nitrogens with two attached hydrogens (primary N) is 1. The van der Waals surface area contributed by atoms with Gasteiger partial charge in [-0.2, -0.15) is 13.2 Å². The van der Waals surface area contributed by atoms with Crippen molar-refractivity contribution in [2.24, 2.45) is 5.73 Å². The molecule has 102 valence electrons. The summed E-state index contributed by atoms with van der Waals surface area (Å²) in [6.07, 6.45) is -4.24. The van der Waals surface area contributed by atoms with Gasteiger partial charge in [0.1, 0.15) is 6.61 Å². The maximum Gasteiger partial charge on any atom is 0.411 e. The highest BCUT2D eigenvalue weighted by molar-refractivity contribution is 4.81. The zero-order valence-electron chi connectivity index (χ0n) is 10.0. The number of hydrogen-bond donors (Lipinski definition) is 1. The molecule has 0 saturated carbocycles. The second-order valence-corrected chi connectivity index (χ2v) is 4.36. The average Bonchev–Trinajstić information content (AvgIpc) is 2.24. The Morgan fingerprint density at radius 1 is 1.35 bits per heavy atom. The van der Waals surface area contributed by atoms with E-state index in [9.17, 15) is 13.2 Å². The number of rotatable bonds is 5. The summed E-state index contributed by atoms with van der Waals surface area (Å²) in [4.78, 5) is 4.26. The smallest absolute Gasteiger partial charge is 0.371 e. The maximum absolute atomic E-state index is 11.9. The third-order valence-corrected chi connectivity index (χ3v) is 2.87. The van der Waals surface area contributed by atoms with E-state index >= 15 is 0 Å². The molecule has 0 spiro atoms. The Morgan fingerprint density at radius 3 is 2.65 bits per heavy atom. The molecule has 7 heteroatoms. The van der Waals surface area contributed by atoms with Crippen LogP contribution < -0.4 is 5.73 Å². The first-order chi connectivity index (χ1) is 7.92. The molecule has 0 bridgehead atoms. The van der Waals surface area contributed by atoms with Gasteiger partial charge in [0.15, 0.2) is 0 Å². The van der Waals surface area contributed by atoms with Crippen LogP contribution in [0.5, 0.6) is 0 Å². The minimum atomic E-state index is -4.24. The highest BCUT2D eigenvalue weighted by Gasteiger charge is 2.28. The second kappa shape index (κ2) is 6.53. The molecule has 0 aromatic carbocycles. The van der Waals surface area contributed by atoms with E-state index in [1.54, 1.807) is 0 Å². The fourth-order valence-corrected chi connectivity index (χ4v) is 1.94. The first-order valence-electron chi connectivity index (χ1n) is 5.69. The molecule has 1 atom stereocenters. The van der Waals surface area contributed by atoms with Crippen LogP contribution in [0.25, 0.3) is 0 Å². The summed E-state index contributed by atoms with van der Waals surface area (Å²) in [5.74, 6) is 0. The lowest BCUT2D eigenvalue weighted by molar-refractivity contribution is -0.175. The Labute approximate surface area is 99.5 Å². The molecule has 1 heterocycles. The highest BCUT2D eigenvalue weighted by Crippen LogP contribution is 2.14. The van der Waals surface area contributed by atoms with Crippen molar-refractivity contribution in [3.8, 4) is 0 Å². The fraction of sp³-hybridized carbons (Fsp3) is 1.00. The zero-order valence-corrected chi connectivity index (χ0v) is 10.0. The molecule has 1 saturated heterocycles. The Kier molecular flexibility index (Phi) is 5.64. The zero-order chi connectivity index (χ0) is 12.9. The van der Waals surface area contributed by atoms with Crippen LogP contribution in [0.4, 0.5) is 13.2 Å². The first kappa shape index (κ1) is 14.7. The predicted octanol–water partition coefficient (Wildman–Crippen LogP) is 0.140. The van der Waals surface area contributed by atoms with Gasteiger partial charge < -0.3 is 15.4 Å². The van der Waals surface area contributed by atoms with Gasteiger partial charge in [0, 0.05) is 38.8 Å². The monoisotopic (exact) mass is 255 g/mol. The second-order valence-electron chi connectivity index (χ2n) is 4.36. The number of alkyl halides is 3. The summed E-state index contributed by atoms with van der Waals surface area (Å²) in [7, 11) is 2.01. The van der Waals surface area contributed by atoms with E-state index in [4.69, 9.17) is 5.73 Å². The van der Waals surface area contributed by atoms with E-state index in [0.717, 1.165) is 19.6 Å². The minimum Gasteiger partial charge on any atom is -0.371 e. The number of likely N-dealkylation sites (N-methyl/N-ethyl adjacent to an activating group) is 1. The molecule has 17 heavy (non-hydrogen) atoms. The normalized spacial score (nSPS) is 24.2. The molecular formula is C10H20F3N3O. The van der Waals surface area contributed by atoms with Crippen LogP contribution >= 0.6 is 0 Å². The number of ether oxygens (including phenoxy) is 1. The van der Waals surface area contributed by atoms with Gasteiger partial charge in [0.05, 0.1) is 6.61 Å². The number of halogens is 3. The Hall–Kier alpha value is -0.370. The third kappa shape index (κ3) is 5.67. The van der Waals surface area contributed by atoms with Crippen LogP contribution in [0.2, 0.25) is 0 Å². The van der Waals surface area contributed by atoms with Crippen molar-refractivity contribution in [1.29, 1.82) is 0 Å². The van der Waals surface area contributed by atoms with Crippen LogP contribution in [0.3, 0.4) is 0 Å². The molecular weight excluding hydrogens is 235 g/mol. The molecule has 1 unspecified atom stereocenters. The van der Waals surface area contributed by atoms with Crippen LogP contribution in [0, 0.1) is 0 Å². The van der Waals surface area contributed by atoms with Gasteiger partial charge in [0.2, 0.25) is 0 Å². The fourth-order valence-electron chi connectivity index (χ4n) is 1.94. The Balaban J connectivity index is 2.21. The van der Waals surface area contributed by atoms with Gasteiger partial charge in [-0.15, -0.1) is 0 Å². The van der Waals surface area contributed by atoms with E-state index < -0.39 is 12.8 Å². The van der Waals surface area contributed by atoms with Gasteiger partial charge in [-0.25, -0.2) is 0 Å². The minimum absolute atomic E-state index is 0.0969. The van der Waals surface area contributed by atoms with E-state index in [0.29, 0.717) is 13.1 Å². The van der Waals surface area contributed by atoms with Crippen molar-refractivity contribution in [3.63, 3.8) is 0 Å². The number of hydrogen-bond acceptors (Lipinski definition) is 4. The first-order valence-corrected chi connectivity index (χ1v) is 5.69. The van der Waals surface area contributed by atoms with Crippen molar-refractivity contribution in [1.82, 2.24) is 9.80 Å². The number of piperazine rings is 1. The van der Waals surface area contributed by atoms with Gasteiger partial charge in [-0.3, -0.25) is 4.90 Å². The van der Waals surface area contributed by atoms with Gasteiger partial charge in [-0.05, 0) is 7.05 Å². The predicted molar refractivity (Wildman–Crippen MR) is 58.8 cm³/mol. The summed E-state index contributed by atoms with van der Waals surface area (Å²) < 4.78 is 40.1. The summed E-state index contributed by atoms with van der Waals surface area (Å²) in [5.41, 5.74) is 5.64. The molecule has 1 rings (SSSR count). The maximum atomic E-state index is 11.9. The molecule has 4 nitrogen and oxygen atoms in total. The average molecular weight is 255 g/mol. The number of nitrogens with zero attached hydrogens (tertiary/aromatic N) is 2. The van der Waals surface area contributed by atoms with Crippen molar-refractivity contribution in [3.05, 3.63) is 0 Å². The molecule has 1 fully saturated rings. The quantitative estimate of drug-likeness (QED) is 0.710. The lowest BCUT2D eigenvalue weighted by atomic mass is 10.2. The molecule has 0 aromatic rings. The summed E-state index contributed by atoms with van der Waals surface area (Å²) in [5, 5.41) is 0. The molecule has 0 radical (unpaired) electrons. The van der Waals surface area contributed by atoms with Crippen LogP contribution in [0.15, 0.2) is 0 Å². The van der Waals surface area contributed by atoms with E-state index in [1.165, 1.54) is 0 Å². The van der Waals surface area contributed by atoms with Gasteiger partial charge in [-0.1, -0.05) is 0 Å². The topological polar surface area (TPSA) is 41.7 Å². The van der Waals surface area contributed by atoms with Crippen molar-refractivity contribution >= 4 is 0 Å². The molecule has 0 aliphatic carbocycles. The van der Waals surface area contributed by atoms with E-state index in [2.05, 4.69) is 14.5 Å². The molecule has 1 aliphatic rings. The molecule has 0 aromatic heterocycles. The van der Waals surface area contributed by atoms with Crippen LogP contribution in [-0.2, 0) is 4.74 Å². The molecule has 0 amide bonds. The summed E-state index contributed by atoms with van der Waals surface area (Å²) >= 11 is 0. The Morgan fingerprint density at radius 2 is 2.06 bits per heavy atom. The van der Waals surface area contributed by atoms with Gasteiger partial charge >= 0.3 is 6.18 Å². The van der Waals surface area contributed by atoms with Crippen LogP contribution in [0.1, 0.15) is 0 Å². The van der Waals surface area contributed by atoms with Crippen molar-refractivity contribution in [2.75, 3.05) is 53.0 Å². The molecule has 1 aliphatic heterocycles. The largest absolute Gasteiger partial charge is 0.411 e. The van der Waals surface area contributed by atoms with Crippen molar-refractivity contribution < 1.29 is 17.9 Å². The molecule has 2 N–H and O–H groups in total. The standard InChI is InChI=1S/C10H20F3N3O/c1-15-2-3-16(9(6-14)7-15)4-5-17-8-10(11,12)13/h9H,2-8,14H2,1H3. The Bertz CT molecular complexity index is 225.